The molecule has 1 aromatic heterocycles. The van der Waals surface area contributed by atoms with Gasteiger partial charge in [-0.3, -0.25) is 0 Å². The van der Waals surface area contributed by atoms with Gasteiger partial charge in [-0.2, -0.15) is 5.10 Å². The normalized spacial score (nSPS) is 23.6. The number of hydrogen-bond acceptors (Lipinski definition) is 4. The minimum Gasteiger partial charge on any atom is -0.481 e. The van der Waals surface area contributed by atoms with E-state index in [0.29, 0.717) is 12.1 Å². The van der Waals surface area contributed by atoms with Crippen LogP contribution < -0.4 is 10.1 Å². The van der Waals surface area contributed by atoms with Crippen molar-refractivity contribution in [3.05, 3.63) is 11.3 Å². The maximum Gasteiger partial charge on any atom is 0.216 e. The first-order valence-corrected chi connectivity index (χ1v) is 6.50. The van der Waals surface area contributed by atoms with Crippen molar-refractivity contribution in [1.82, 2.24) is 15.1 Å². The van der Waals surface area contributed by atoms with Gasteiger partial charge in [0.15, 0.2) is 0 Å². The molecule has 5 nitrogen and oxygen atoms in total. The highest BCUT2D eigenvalue weighted by Gasteiger charge is 2.27. The summed E-state index contributed by atoms with van der Waals surface area (Å²) in [5.41, 5.74) is 2.16. The zero-order chi connectivity index (χ0) is 13.1. The maximum atomic E-state index is 5.49. The highest BCUT2D eigenvalue weighted by atomic mass is 16.5. The van der Waals surface area contributed by atoms with Crippen LogP contribution in [-0.2, 0) is 18.3 Å². The third-order valence-corrected chi connectivity index (χ3v) is 3.78. The third-order valence-electron chi connectivity index (χ3n) is 3.78. The van der Waals surface area contributed by atoms with Crippen LogP contribution in [0.2, 0.25) is 0 Å². The molecule has 0 spiro atoms. The van der Waals surface area contributed by atoms with Crippen LogP contribution in [0.4, 0.5) is 0 Å². The Bertz CT molecular complexity index is 403. The number of nitrogens with one attached hydrogen (secondary N) is 1. The van der Waals surface area contributed by atoms with Crippen LogP contribution >= 0.6 is 0 Å². The van der Waals surface area contributed by atoms with Gasteiger partial charge in [0.2, 0.25) is 5.88 Å². The van der Waals surface area contributed by atoms with E-state index < -0.39 is 0 Å². The summed E-state index contributed by atoms with van der Waals surface area (Å²) in [5, 5.41) is 7.96. The van der Waals surface area contributed by atoms with Crippen LogP contribution in [0.1, 0.15) is 30.5 Å². The molecule has 18 heavy (non-hydrogen) atoms. The molecule has 0 bridgehead atoms. The number of methoxy groups -OCH3 is 2. The molecule has 1 saturated carbocycles. The van der Waals surface area contributed by atoms with Gasteiger partial charge in [0, 0.05) is 26.7 Å². The number of ether oxygens (including phenoxy) is 2. The van der Waals surface area contributed by atoms with Gasteiger partial charge in [-0.05, 0) is 26.2 Å². The highest BCUT2D eigenvalue weighted by Crippen LogP contribution is 2.24. The van der Waals surface area contributed by atoms with Gasteiger partial charge in [-0.1, -0.05) is 0 Å². The fourth-order valence-corrected chi connectivity index (χ4v) is 2.81. The topological polar surface area (TPSA) is 48.3 Å². The second kappa shape index (κ2) is 5.71. The van der Waals surface area contributed by atoms with Crippen molar-refractivity contribution >= 4 is 0 Å². The first-order valence-electron chi connectivity index (χ1n) is 6.50. The Hall–Kier alpha value is -1.07. The average molecular weight is 253 g/mol. The van der Waals surface area contributed by atoms with Gasteiger partial charge < -0.3 is 14.8 Å². The predicted molar refractivity (Wildman–Crippen MR) is 69.8 cm³/mol. The van der Waals surface area contributed by atoms with Crippen LogP contribution in [0, 0.1) is 6.92 Å². The molecule has 1 aliphatic rings. The van der Waals surface area contributed by atoms with Gasteiger partial charge in [-0.25, -0.2) is 4.68 Å². The molecule has 0 aliphatic heterocycles. The molecule has 0 amide bonds. The molecule has 102 valence electrons. The summed E-state index contributed by atoms with van der Waals surface area (Å²) in [7, 11) is 5.39. The van der Waals surface area contributed by atoms with Crippen molar-refractivity contribution in [3.8, 4) is 5.88 Å². The van der Waals surface area contributed by atoms with E-state index in [1.165, 1.54) is 12.8 Å². The number of hydrogen-bond donors (Lipinski definition) is 1. The Balaban J connectivity index is 2.01. The maximum absolute atomic E-state index is 5.49. The number of aryl methyl sites for hydroxylation is 2. The largest absolute Gasteiger partial charge is 0.481 e. The van der Waals surface area contributed by atoms with Gasteiger partial charge in [-0.15, -0.1) is 0 Å². The molecule has 1 fully saturated rings. The molecule has 1 heterocycles. The van der Waals surface area contributed by atoms with Crippen molar-refractivity contribution in [2.45, 2.75) is 44.9 Å². The van der Waals surface area contributed by atoms with E-state index in [0.717, 1.165) is 30.1 Å². The van der Waals surface area contributed by atoms with E-state index in [-0.39, 0.29) is 0 Å². The van der Waals surface area contributed by atoms with Crippen LogP contribution in [0.15, 0.2) is 0 Å². The quantitative estimate of drug-likeness (QED) is 0.861. The Morgan fingerprint density at radius 2 is 2.17 bits per heavy atom. The van der Waals surface area contributed by atoms with Crippen LogP contribution in [0.5, 0.6) is 5.88 Å². The molecule has 1 aromatic rings. The summed E-state index contributed by atoms with van der Waals surface area (Å²) in [6.45, 7) is 2.80. The molecule has 0 aromatic carbocycles. The molecule has 1 aliphatic carbocycles. The Morgan fingerprint density at radius 1 is 1.39 bits per heavy atom. The lowest BCUT2D eigenvalue weighted by atomic mass is 10.2. The highest BCUT2D eigenvalue weighted by molar-refractivity contribution is 5.30. The summed E-state index contributed by atoms with van der Waals surface area (Å²) in [6, 6.07) is 0.444. The molecule has 5 heteroatoms. The molecule has 2 rings (SSSR count). The van der Waals surface area contributed by atoms with Gasteiger partial charge >= 0.3 is 0 Å². The Morgan fingerprint density at radius 3 is 2.83 bits per heavy atom. The van der Waals surface area contributed by atoms with Gasteiger partial charge in [0.05, 0.1) is 24.5 Å². The molecule has 2 unspecified atom stereocenters. The molecule has 0 radical (unpaired) electrons. The van der Waals surface area contributed by atoms with Crippen molar-refractivity contribution in [3.63, 3.8) is 0 Å². The summed E-state index contributed by atoms with van der Waals surface area (Å²) < 4.78 is 12.7. The van der Waals surface area contributed by atoms with Gasteiger partial charge in [0.1, 0.15) is 0 Å². The standard InChI is InChI=1S/C13H23N3O2/c1-9-10(13(18-4)16(2)15-9)8-14-11-6-5-7-12(11)17-3/h11-12,14H,5-8H2,1-4H3. The summed E-state index contributed by atoms with van der Waals surface area (Å²) in [6.07, 6.45) is 3.91. The van der Waals surface area contributed by atoms with Gasteiger partial charge in [0.25, 0.3) is 0 Å². The van der Waals surface area contributed by atoms with E-state index in [2.05, 4.69) is 10.4 Å². The molecule has 0 saturated heterocycles. The minimum atomic E-state index is 0.341. The molecule has 2 atom stereocenters. The number of aromatic nitrogens is 2. The lowest BCUT2D eigenvalue weighted by Crippen LogP contribution is -2.36. The monoisotopic (exact) mass is 253 g/mol. The summed E-state index contributed by atoms with van der Waals surface area (Å²) in [4.78, 5) is 0. The molecular weight excluding hydrogens is 230 g/mol. The van der Waals surface area contributed by atoms with E-state index in [4.69, 9.17) is 9.47 Å². The minimum absolute atomic E-state index is 0.341. The zero-order valence-corrected chi connectivity index (χ0v) is 11.7. The van der Waals surface area contributed by atoms with Crippen molar-refractivity contribution in [2.75, 3.05) is 14.2 Å². The lowest BCUT2D eigenvalue weighted by Gasteiger charge is -2.19. The second-order valence-electron chi connectivity index (χ2n) is 4.89. The first-order chi connectivity index (χ1) is 8.67. The van der Waals surface area contributed by atoms with Crippen molar-refractivity contribution in [1.29, 1.82) is 0 Å². The average Bonchev–Trinajstić information content (AvgIpc) is 2.90. The lowest BCUT2D eigenvalue weighted by molar-refractivity contribution is 0.0846. The number of rotatable bonds is 5. The Labute approximate surface area is 108 Å². The van der Waals surface area contributed by atoms with E-state index in [1.54, 1.807) is 18.9 Å². The zero-order valence-electron chi connectivity index (χ0n) is 11.7. The smallest absolute Gasteiger partial charge is 0.216 e. The molecule has 1 N–H and O–H groups in total. The van der Waals surface area contributed by atoms with Crippen LogP contribution in [0.3, 0.4) is 0 Å². The molecular formula is C13H23N3O2. The summed E-state index contributed by atoms with van der Waals surface area (Å²) in [5.74, 6) is 0.840. The van der Waals surface area contributed by atoms with E-state index in [1.807, 2.05) is 14.0 Å². The number of nitrogens with zero attached hydrogens (tertiary/aromatic N) is 2. The SMILES string of the molecule is COc1c(CNC2CCCC2OC)c(C)nn1C. The predicted octanol–water partition coefficient (Wildman–Crippen LogP) is 1.39. The van der Waals surface area contributed by atoms with E-state index >= 15 is 0 Å². The van der Waals surface area contributed by atoms with Crippen LogP contribution in [0.25, 0.3) is 0 Å². The fourth-order valence-electron chi connectivity index (χ4n) is 2.81. The van der Waals surface area contributed by atoms with Crippen molar-refractivity contribution in [2.24, 2.45) is 7.05 Å². The second-order valence-corrected chi connectivity index (χ2v) is 4.89. The van der Waals surface area contributed by atoms with Crippen LogP contribution in [-0.4, -0.2) is 36.1 Å². The van der Waals surface area contributed by atoms with E-state index in [9.17, 15) is 0 Å². The van der Waals surface area contributed by atoms with Crippen molar-refractivity contribution < 1.29 is 9.47 Å². The first kappa shape index (κ1) is 13.4. The Kier molecular flexibility index (Phi) is 4.24. The third kappa shape index (κ3) is 2.52. The summed E-state index contributed by atoms with van der Waals surface area (Å²) >= 11 is 0. The fraction of sp³-hybridized carbons (Fsp3) is 0.769.